The maximum absolute atomic E-state index is 13.2. The van der Waals surface area contributed by atoms with E-state index in [-0.39, 0.29) is 28.7 Å². The second-order valence-corrected chi connectivity index (χ2v) is 10.9. The van der Waals surface area contributed by atoms with Gasteiger partial charge in [-0.05, 0) is 51.0 Å². The molecule has 1 aromatic carbocycles. The Morgan fingerprint density at radius 1 is 1.07 bits per heavy atom. The first kappa shape index (κ1) is 22.4. The molecular formula is C21H32N2O4S. The summed E-state index contributed by atoms with van der Waals surface area (Å²) in [4.78, 5) is 29.5. The lowest BCUT2D eigenvalue weighted by Gasteiger charge is -2.38. The van der Waals surface area contributed by atoms with Crippen LogP contribution in [0.3, 0.4) is 0 Å². The van der Waals surface area contributed by atoms with Crippen molar-refractivity contribution in [3.8, 4) is 0 Å². The fraction of sp³-hybridized carbons (Fsp3) is 0.619. The number of likely N-dealkylation sites (tertiary alicyclic amines) is 1. The maximum atomic E-state index is 13.2. The molecule has 0 unspecified atom stereocenters. The van der Waals surface area contributed by atoms with Crippen LogP contribution in [0, 0.1) is 11.3 Å². The topological polar surface area (TPSA) is 74.8 Å². The van der Waals surface area contributed by atoms with Crippen LogP contribution in [0.5, 0.6) is 0 Å². The molecule has 28 heavy (non-hydrogen) atoms. The lowest BCUT2D eigenvalue weighted by Crippen LogP contribution is -2.48. The van der Waals surface area contributed by atoms with Gasteiger partial charge in [0.05, 0.1) is 4.90 Å². The summed E-state index contributed by atoms with van der Waals surface area (Å²) in [5, 5.41) is 0. The normalized spacial score (nSPS) is 16.3. The van der Waals surface area contributed by atoms with Gasteiger partial charge < -0.3 is 9.80 Å². The summed E-state index contributed by atoms with van der Waals surface area (Å²) in [6.07, 6.45) is 2.45. The number of sulfone groups is 1. The van der Waals surface area contributed by atoms with Gasteiger partial charge in [-0.15, -0.1) is 0 Å². The van der Waals surface area contributed by atoms with Gasteiger partial charge in [-0.25, -0.2) is 8.42 Å². The predicted molar refractivity (Wildman–Crippen MR) is 111 cm³/mol. The van der Waals surface area contributed by atoms with Crippen molar-refractivity contribution in [2.45, 2.75) is 58.4 Å². The molecule has 6 nitrogen and oxygen atoms in total. The van der Waals surface area contributed by atoms with Gasteiger partial charge in [-0.1, -0.05) is 20.8 Å². The van der Waals surface area contributed by atoms with Crippen molar-refractivity contribution in [2.24, 2.45) is 11.3 Å². The van der Waals surface area contributed by atoms with Gasteiger partial charge in [-0.3, -0.25) is 9.59 Å². The standard InChI is InChI=1S/C21H32N2O4S/c1-15(2)23(17-7-9-18(10-8-17)28(6,26)27)19(24)16-11-13-22(14-12-16)20(25)21(3,4)5/h7-10,15-16H,11-14H2,1-6H3. The molecule has 2 amide bonds. The van der Waals surface area contributed by atoms with E-state index in [1.54, 1.807) is 17.0 Å². The molecule has 1 fully saturated rings. The van der Waals surface area contributed by atoms with Gasteiger partial charge in [0.1, 0.15) is 0 Å². The predicted octanol–water partition coefficient (Wildman–Crippen LogP) is 3.12. The minimum Gasteiger partial charge on any atom is -0.342 e. The molecular weight excluding hydrogens is 376 g/mol. The first-order valence-electron chi connectivity index (χ1n) is 9.75. The van der Waals surface area contributed by atoms with E-state index in [4.69, 9.17) is 0 Å². The molecule has 1 aliphatic rings. The molecule has 1 aliphatic heterocycles. The molecule has 0 N–H and O–H groups in total. The third kappa shape index (κ3) is 5.13. The number of carbonyl (C=O) groups excluding carboxylic acids is 2. The van der Waals surface area contributed by atoms with E-state index in [1.807, 2.05) is 39.5 Å². The fourth-order valence-corrected chi connectivity index (χ4v) is 4.16. The summed E-state index contributed by atoms with van der Waals surface area (Å²) in [5.74, 6) is 0.0152. The Morgan fingerprint density at radius 3 is 1.96 bits per heavy atom. The average molecular weight is 409 g/mol. The average Bonchev–Trinajstić information content (AvgIpc) is 2.60. The molecule has 1 heterocycles. The molecule has 0 bridgehead atoms. The first-order valence-corrected chi connectivity index (χ1v) is 11.6. The molecule has 0 radical (unpaired) electrons. The fourth-order valence-electron chi connectivity index (χ4n) is 3.53. The van der Waals surface area contributed by atoms with Crippen LogP contribution in [0.25, 0.3) is 0 Å². The van der Waals surface area contributed by atoms with Crippen molar-refractivity contribution in [1.82, 2.24) is 4.90 Å². The molecule has 0 spiro atoms. The Balaban J connectivity index is 2.13. The van der Waals surface area contributed by atoms with E-state index in [9.17, 15) is 18.0 Å². The highest BCUT2D eigenvalue weighted by molar-refractivity contribution is 7.90. The molecule has 0 atom stereocenters. The van der Waals surface area contributed by atoms with E-state index >= 15 is 0 Å². The Kier molecular flexibility index (Phi) is 6.58. The number of hydrogen-bond acceptors (Lipinski definition) is 4. The van der Waals surface area contributed by atoms with E-state index in [0.29, 0.717) is 31.6 Å². The van der Waals surface area contributed by atoms with Crippen LogP contribution < -0.4 is 4.90 Å². The van der Waals surface area contributed by atoms with E-state index < -0.39 is 15.3 Å². The Labute approximate surface area is 168 Å². The number of piperidine rings is 1. The van der Waals surface area contributed by atoms with Gasteiger partial charge in [0, 0.05) is 42.4 Å². The third-order valence-electron chi connectivity index (χ3n) is 5.07. The smallest absolute Gasteiger partial charge is 0.230 e. The zero-order valence-electron chi connectivity index (χ0n) is 17.7. The number of amides is 2. The number of benzene rings is 1. The Bertz CT molecular complexity index is 815. The summed E-state index contributed by atoms with van der Waals surface area (Å²) < 4.78 is 23.3. The summed E-state index contributed by atoms with van der Waals surface area (Å²) >= 11 is 0. The van der Waals surface area contributed by atoms with Crippen LogP contribution in [0.2, 0.25) is 0 Å². The first-order chi connectivity index (χ1) is 12.8. The highest BCUT2D eigenvalue weighted by Crippen LogP contribution is 2.28. The molecule has 0 saturated carbocycles. The van der Waals surface area contributed by atoms with Crippen LogP contribution in [0.1, 0.15) is 47.5 Å². The van der Waals surface area contributed by atoms with Gasteiger partial charge in [0.2, 0.25) is 11.8 Å². The quantitative estimate of drug-likeness (QED) is 0.767. The van der Waals surface area contributed by atoms with Crippen LogP contribution in [0.4, 0.5) is 5.69 Å². The molecule has 1 saturated heterocycles. The zero-order chi connectivity index (χ0) is 21.3. The minimum absolute atomic E-state index is 0.0324. The van der Waals surface area contributed by atoms with Crippen LogP contribution >= 0.6 is 0 Å². The zero-order valence-corrected chi connectivity index (χ0v) is 18.5. The van der Waals surface area contributed by atoms with Gasteiger partial charge >= 0.3 is 0 Å². The molecule has 1 aromatic rings. The third-order valence-corrected chi connectivity index (χ3v) is 6.20. The Morgan fingerprint density at radius 2 is 1.57 bits per heavy atom. The maximum Gasteiger partial charge on any atom is 0.230 e. The lowest BCUT2D eigenvalue weighted by molar-refractivity contribution is -0.142. The minimum atomic E-state index is -3.27. The summed E-state index contributed by atoms with van der Waals surface area (Å²) in [5.41, 5.74) is 0.280. The molecule has 0 aromatic heterocycles. The number of anilines is 1. The number of hydrogen-bond donors (Lipinski definition) is 0. The van der Waals surface area contributed by atoms with Crippen molar-refractivity contribution in [2.75, 3.05) is 24.2 Å². The van der Waals surface area contributed by atoms with Gasteiger partial charge in [-0.2, -0.15) is 0 Å². The van der Waals surface area contributed by atoms with Crippen molar-refractivity contribution in [3.05, 3.63) is 24.3 Å². The van der Waals surface area contributed by atoms with Crippen LogP contribution in [-0.2, 0) is 19.4 Å². The number of nitrogens with zero attached hydrogens (tertiary/aromatic N) is 2. The van der Waals surface area contributed by atoms with Crippen molar-refractivity contribution in [1.29, 1.82) is 0 Å². The highest BCUT2D eigenvalue weighted by atomic mass is 32.2. The second kappa shape index (κ2) is 8.23. The molecule has 0 aliphatic carbocycles. The van der Waals surface area contributed by atoms with E-state index in [1.165, 1.54) is 18.4 Å². The number of rotatable bonds is 4. The van der Waals surface area contributed by atoms with E-state index in [0.717, 1.165) is 0 Å². The van der Waals surface area contributed by atoms with Crippen molar-refractivity contribution in [3.63, 3.8) is 0 Å². The molecule has 2 rings (SSSR count). The molecule has 156 valence electrons. The molecule has 7 heteroatoms. The summed E-state index contributed by atoms with van der Waals surface area (Å²) in [7, 11) is -3.27. The van der Waals surface area contributed by atoms with Gasteiger partial charge in [0.15, 0.2) is 9.84 Å². The largest absolute Gasteiger partial charge is 0.342 e. The van der Waals surface area contributed by atoms with E-state index in [2.05, 4.69) is 0 Å². The van der Waals surface area contributed by atoms with Crippen LogP contribution in [-0.4, -0.2) is 50.5 Å². The monoisotopic (exact) mass is 408 g/mol. The summed E-state index contributed by atoms with van der Waals surface area (Å²) in [6.45, 7) is 10.8. The summed E-state index contributed by atoms with van der Waals surface area (Å²) in [6, 6.07) is 6.40. The number of carbonyl (C=O) groups is 2. The van der Waals surface area contributed by atoms with Crippen molar-refractivity contribution < 1.29 is 18.0 Å². The lowest BCUT2D eigenvalue weighted by atomic mass is 9.90. The SMILES string of the molecule is CC(C)N(C(=O)C1CCN(C(=O)C(C)(C)C)CC1)c1ccc(S(C)(=O)=O)cc1. The highest BCUT2D eigenvalue weighted by Gasteiger charge is 2.34. The van der Waals surface area contributed by atoms with Crippen molar-refractivity contribution >= 4 is 27.3 Å². The van der Waals surface area contributed by atoms with Gasteiger partial charge in [0.25, 0.3) is 0 Å². The van der Waals surface area contributed by atoms with Crippen LogP contribution in [0.15, 0.2) is 29.2 Å². The second-order valence-electron chi connectivity index (χ2n) is 8.88. The Hall–Kier alpha value is -1.89.